The van der Waals surface area contributed by atoms with Crippen LogP contribution in [0, 0.1) is 0 Å². The van der Waals surface area contributed by atoms with Crippen LogP contribution in [0.15, 0.2) is 54.6 Å². The van der Waals surface area contributed by atoms with Crippen LogP contribution < -0.4 is 4.74 Å². The number of amides is 2. The van der Waals surface area contributed by atoms with Gasteiger partial charge in [-0.1, -0.05) is 30.3 Å². The average molecular weight is 377 g/mol. The van der Waals surface area contributed by atoms with Crippen LogP contribution in [0.4, 0.5) is 0 Å². The molecule has 1 aliphatic rings. The van der Waals surface area contributed by atoms with Crippen LogP contribution in [-0.4, -0.2) is 59.9 Å². The van der Waals surface area contributed by atoms with Crippen molar-refractivity contribution in [2.24, 2.45) is 0 Å². The van der Waals surface area contributed by atoms with Gasteiger partial charge in [-0.3, -0.25) is 9.59 Å². The third-order valence-electron chi connectivity index (χ3n) is 5.18. The molecular formula is C22H23N3O3. The van der Waals surface area contributed by atoms with Gasteiger partial charge in [-0.15, -0.1) is 0 Å². The number of aromatic amines is 1. The third kappa shape index (κ3) is 3.71. The molecule has 1 aliphatic heterocycles. The van der Waals surface area contributed by atoms with Crippen molar-refractivity contribution >= 4 is 22.7 Å². The number of fused-ring (bicyclic) bond motifs is 1. The molecule has 4 rings (SSSR count). The molecule has 6 nitrogen and oxygen atoms in total. The molecule has 0 unspecified atom stereocenters. The summed E-state index contributed by atoms with van der Waals surface area (Å²) in [6, 6.07) is 17.3. The van der Waals surface area contributed by atoms with Crippen molar-refractivity contribution in [1.29, 1.82) is 0 Å². The van der Waals surface area contributed by atoms with Gasteiger partial charge in [0.2, 0.25) is 5.91 Å². The van der Waals surface area contributed by atoms with E-state index in [0.717, 1.165) is 22.2 Å². The topological polar surface area (TPSA) is 65.6 Å². The van der Waals surface area contributed by atoms with Crippen LogP contribution in [-0.2, 0) is 11.2 Å². The van der Waals surface area contributed by atoms with Crippen molar-refractivity contribution in [3.05, 3.63) is 65.9 Å². The number of benzene rings is 2. The quantitative estimate of drug-likeness (QED) is 0.760. The molecule has 0 aliphatic carbocycles. The number of ether oxygens (including phenoxy) is 1. The standard InChI is InChI=1S/C22H23N3O3/c1-28-18-7-8-19-17(14-18)15-20(23-19)22(27)25-11-9-24(10-12-25)21(26)13-16-5-3-2-4-6-16/h2-8,14-15,23H,9-13H2,1H3. The number of rotatable bonds is 4. The molecule has 2 heterocycles. The summed E-state index contributed by atoms with van der Waals surface area (Å²) in [6.07, 6.45) is 0.401. The van der Waals surface area contributed by atoms with E-state index in [1.54, 1.807) is 12.0 Å². The molecule has 2 aromatic carbocycles. The molecule has 2 amide bonds. The first-order valence-electron chi connectivity index (χ1n) is 9.42. The molecule has 1 N–H and O–H groups in total. The minimum atomic E-state index is -0.0367. The second kappa shape index (κ2) is 7.76. The lowest BCUT2D eigenvalue weighted by molar-refractivity contribution is -0.131. The van der Waals surface area contributed by atoms with Crippen molar-refractivity contribution in [1.82, 2.24) is 14.8 Å². The molecule has 0 bridgehead atoms. The molecule has 0 spiro atoms. The smallest absolute Gasteiger partial charge is 0.270 e. The number of carbonyl (C=O) groups is 2. The highest BCUT2D eigenvalue weighted by Gasteiger charge is 2.25. The van der Waals surface area contributed by atoms with Crippen LogP contribution in [0.5, 0.6) is 5.75 Å². The molecule has 6 heteroatoms. The fraction of sp³-hybridized carbons (Fsp3) is 0.273. The van der Waals surface area contributed by atoms with E-state index in [1.165, 1.54) is 0 Å². The zero-order chi connectivity index (χ0) is 19.5. The van der Waals surface area contributed by atoms with Crippen molar-refractivity contribution in [2.75, 3.05) is 33.3 Å². The highest BCUT2D eigenvalue weighted by Crippen LogP contribution is 2.22. The van der Waals surface area contributed by atoms with Crippen LogP contribution in [0.3, 0.4) is 0 Å². The zero-order valence-electron chi connectivity index (χ0n) is 15.9. The van der Waals surface area contributed by atoms with Crippen LogP contribution in [0.1, 0.15) is 16.1 Å². The van der Waals surface area contributed by atoms with Gasteiger partial charge in [0, 0.05) is 37.1 Å². The number of carbonyl (C=O) groups excluding carboxylic acids is 2. The molecule has 3 aromatic rings. The van der Waals surface area contributed by atoms with Gasteiger partial charge >= 0.3 is 0 Å². The summed E-state index contributed by atoms with van der Waals surface area (Å²) in [7, 11) is 1.62. The first kappa shape index (κ1) is 18.1. The Morgan fingerprint density at radius 3 is 2.39 bits per heavy atom. The highest BCUT2D eigenvalue weighted by molar-refractivity contribution is 5.98. The molecule has 28 heavy (non-hydrogen) atoms. The van der Waals surface area contributed by atoms with Crippen LogP contribution >= 0.6 is 0 Å². The Balaban J connectivity index is 1.38. The minimum absolute atomic E-state index is 0.0367. The van der Waals surface area contributed by atoms with E-state index in [9.17, 15) is 9.59 Å². The van der Waals surface area contributed by atoms with E-state index in [2.05, 4.69) is 4.98 Å². The summed E-state index contributed by atoms with van der Waals surface area (Å²) in [5.41, 5.74) is 2.48. The first-order valence-corrected chi connectivity index (χ1v) is 9.42. The molecule has 1 fully saturated rings. The Bertz CT molecular complexity index is 989. The fourth-order valence-electron chi connectivity index (χ4n) is 3.56. The summed E-state index contributed by atoms with van der Waals surface area (Å²) >= 11 is 0. The summed E-state index contributed by atoms with van der Waals surface area (Å²) in [6.45, 7) is 2.20. The number of methoxy groups -OCH3 is 1. The Morgan fingerprint density at radius 2 is 1.68 bits per heavy atom. The molecule has 1 saturated heterocycles. The lowest BCUT2D eigenvalue weighted by Crippen LogP contribution is -2.51. The van der Waals surface area contributed by atoms with E-state index < -0.39 is 0 Å². The predicted octanol–water partition coefficient (Wildman–Crippen LogP) is 2.70. The highest BCUT2D eigenvalue weighted by atomic mass is 16.5. The van der Waals surface area contributed by atoms with Gasteiger partial charge in [-0.25, -0.2) is 0 Å². The summed E-state index contributed by atoms with van der Waals surface area (Å²) < 4.78 is 5.24. The SMILES string of the molecule is COc1ccc2[nH]c(C(=O)N3CCN(C(=O)Cc4ccccc4)CC3)cc2c1. The number of hydrogen-bond acceptors (Lipinski definition) is 3. The maximum Gasteiger partial charge on any atom is 0.270 e. The Morgan fingerprint density at radius 1 is 0.964 bits per heavy atom. The normalized spacial score (nSPS) is 14.3. The first-order chi connectivity index (χ1) is 13.6. The van der Waals surface area contributed by atoms with Crippen molar-refractivity contribution in [2.45, 2.75) is 6.42 Å². The molecule has 0 atom stereocenters. The fourth-order valence-corrected chi connectivity index (χ4v) is 3.56. The summed E-state index contributed by atoms with van der Waals surface area (Å²) in [4.78, 5) is 32.2. The van der Waals surface area contributed by atoms with Crippen molar-refractivity contribution < 1.29 is 14.3 Å². The van der Waals surface area contributed by atoms with Gasteiger partial charge in [0.15, 0.2) is 0 Å². The van der Waals surface area contributed by atoms with E-state index in [0.29, 0.717) is 38.3 Å². The Kier molecular flexibility index (Phi) is 5.02. The van der Waals surface area contributed by atoms with Crippen LogP contribution in [0.2, 0.25) is 0 Å². The van der Waals surface area contributed by atoms with E-state index >= 15 is 0 Å². The molecule has 144 valence electrons. The van der Waals surface area contributed by atoms with Gasteiger partial charge < -0.3 is 19.5 Å². The Hall–Kier alpha value is -3.28. The van der Waals surface area contributed by atoms with Gasteiger partial charge in [0.05, 0.1) is 13.5 Å². The Labute approximate surface area is 163 Å². The van der Waals surface area contributed by atoms with E-state index in [-0.39, 0.29) is 11.8 Å². The second-order valence-corrected chi connectivity index (χ2v) is 6.97. The lowest BCUT2D eigenvalue weighted by Gasteiger charge is -2.34. The largest absolute Gasteiger partial charge is 0.497 e. The monoisotopic (exact) mass is 377 g/mol. The number of piperazine rings is 1. The third-order valence-corrected chi connectivity index (χ3v) is 5.18. The number of nitrogens with zero attached hydrogens (tertiary/aromatic N) is 2. The number of H-pyrrole nitrogens is 1. The summed E-state index contributed by atoms with van der Waals surface area (Å²) in [5.74, 6) is 0.831. The molecule has 1 aromatic heterocycles. The molecule has 0 saturated carbocycles. The number of nitrogens with one attached hydrogen (secondary N) is 1. The number of aromatic nitrogens is 1. The number of hydrogen-bond donors (Lipinski definition) is 1. The zero-order valence-corrected chi connectivity index (χ0v) is 15.9. The second-order valence-electron chi connectivity index (χ2n) is 6.97. The molecule has 0 radical (unpaired) electrons. The van der Waals surface area contributed by atoms with Gasteiger partial charge in [0.25, 0.3) is 5.91 Å². The van der Waals surface area contributed by atoms with E-state index in [1.807, 2.05) is 59.5 Å². The summed E-state index contributed by atoms with van der Waals surface area (Å²) in [5, 5.41) is 0.944. The van der Waals surface area contributed by atoms with E-state index in [4.69, 9.17) is 4.74 Å². The van der Waals surface area contributed by atoms with Gasteiger partial charge in [0.1, 0.15) is 11.4 Å². The maximum absolute atomic E-state index is 12.9. The van der Waals surface area contributed by atoms with Crippen molar-refractivity contribution in [3.63, 3.8) is 0 Å². The van der Waals surface area contributed by atoms with Gasteiger partial charge in [-0.05, 0) is 29.8 Å². The molecular weight excluding hydrogens is 354 g/mol. The van der Waals surface area contributed by atoms with Gasteiger partial charge in [-0.2, -0.15) is 0 Å². The maximum atomic E-state index is 12.9. The lowest BCUT2D eigenvalue weighted by atomic mass is 10.1. The predicted molar refractivity (Wildman–Crippen MR) is 107 cm³/mol. The minimum Gasteiger partial charge on any atom is -0.497 e. The average Bonchev–Trinajstić information content (AvgIpc) is 3.17. The van der Waals surface area contributed by atoms with Crippen molar-refractivity contribution in [3.8, 4) is 5.75 Å². The van der Waals surface area contributed by atoms with Crippen LogP contribution in [0.25, 0.3) is 10.9 Å².